The minimum Gasteiger partial charge on any atom is -0.493 e. The van der Waals surface area contributed by atoms with Gasteiger partial charge in [-0.3, -0.25) is 0 Å². The maximum atomic E-state index is 12.0. The number of carbonyl (C=O) groups is 1. The van der Waals surface area contributed by atoms with Crippen molar-refractivity contribution in [2.24, 2.45) is 0 Å². The molecule has 5 heteroatoms. The summed E-state index contributed by atoms with van der Waals surface area (Å²) in [7, 11) is 1.51. The Kier molecular flexibility index (Phi) is 4.66. The Labute approximate surface area is 123 Å². The molecule has 21 heavy (non-hydrogen) atoms. The quantitative estimate of drug-likeness (QED) is 0.520. The maximum Gasteiger partial charge on any atom is 0.352 e. The number of rotatable bonds is 5. The molecule has 0 bridgehead atoms. The summed E-state index contributed by atoms with van der Waals surface area (Å²) in [5.41, 5.74) is 6.23. The highest BCUT2D eigenvalue weighted by Gasteiger charge is 2.19. The van der Waals surface area contributed by atoms with Gasteiger partial charge in [0, 0.05) is 11.8 Å². The van der Waals surface area contributed by atoms with Crippen molar-refractivity contribution in [3.05, 3.63) is 48.5 Å². The summed E-state index contributed by atoms with van der Waals surface area (Å²) in [5, 5.41) is 0. The van der Waals surface area contributed by atoms with Gasteiger partial charge >= 0.3 is 5.97 Å². The summed E-state index contributed by atoms with van der Waals surface area (Å²) in [6.07, 6.45) is -0.767. The third kappa shape index (κ3) is 3.89. The van der Waals surface area contributed by atoms with Crippen molar-refractivity contribution in [3.8, 4) is 17.2 Å². The van der Waals surface area contributed by atoms with Crippen LogP contribution in [-0.2, 0) is 4.79 Å². The lowest BCUT2D eigenvalue weighted by Gasteiger charge is -2.15. The van der Waals surface area contributed by atoms with Crippen molar-refractivity contribution in [3.63, 3.8) is 0 Å². The van der Waals surface area contributed by atoms with Crippen LogP contribution < -0.4 is 19.9 Å². The van der Waals surface area contributed by atoms with Crippen LogP contribution in [0.4, 0.5) is 5.69 Å². The zero-order chi connectivity index (χ0) is 15.2. The maximum absolute atomic E-state index is 12.0. The molecule has 5 nitrogen and oxygen atoms in total. The number of hydrogen-bond donors (Lipinski definition) is 1. The Morgan fingerprint density at radius 3 is 2.48 bits per heavy atom. The van der Waals surface area contributed by atoms with Crippen LogP contribution in [0.2, 0.25) is 0 Å². The Morgan fingerprint density at radius 1 is 1.10 bits per heavy atom. The molecule has 0 fully saturated rings. The molecule has 0 radical (unpaired) electrons. The first-order chi connectivity index (χ1) is 10.1. The molecule has 2 rings (SSSR count). The standard InChI is InChI=1S/C16H17NO4/c1-11(20-13-7-5-6-12(17)10-13)16(18)21-15-9-4-3-8-14(15)19-2/h3-11H,17H2,1-2H3/t11-/m1/s1. The van der Waals surface area contributed by atoms with E-state index in [0.29, 0.717) is 22.9 Å². The van der Waals surface area contributed by atoms with E-state index in [1.54, 1.807) is 55.5 Å². The van der Waals surface area contributed by atoms with Gasteiger partial charge in [0.05, 0.1) is 7.11 Å². The molecule has 2 aromatic carbocycles. The van der Waals surface area contributed by atoms with E-state index >= 15 is 0 Å². The number of esters is 1. The Morgan fingerprint density at radius 2 is 1.81 bits per heavy atom. The highest BCUT2D eigenvalue weighted by Crippen LogP contribution is 2.26. The van der Waals surface area contributed by atoms with E-state index in [9.17, 15) is 4.79 Å². The van der Waals surface area contributed by atoms with Crippen LogP contribution in [-0.4, -0.2) is 19.2 Å². The van der Waals surface area contributed by atoms with Gasteiger partial charge in [-0.15, -0.1) is 0 Å². The molecule has 0 unspecified atom stereocenters. The first-order valence-electron chi connectivity index (χ1n) is 6.47. The number of nitrogens with two attached hydrogens (primary N) is 1. The predicted octanol–water partition coefficient (Wildman–Crippen LogP) is 2.65. The molecule has 0 aliphatic rings. The molecule has 0 spiro atoms. The number of benzene rings is 2. The van der Waals surface area contributed by atoms with Gasteiger partial charge in [0.2, 0.25) is 0 Å². The lowest BCUT2D eigenvalue weighted by Crippen LogP contribution is -2.28. The zero-order valence-corrected chi connectivity index (χ0v) is 11.9. The number of anilines is 1. The molecule has 0 aromatic heterocycles. The number of para-hydroxylation sites is 2. The Bertz CT molecular complexity index is 627. The Hall–Kier alpha value is -2.69. The van der Waals surface area contributed by atoms with Crippen LogP contribution in [0.25, 0.3) is 0 Å². The second-order valence-electron chi connectivity index (χ2n) is 4.40. The van der Waals surface area contributed by atoms with Crippen LogP contribution >= 0.6 is 0 Å². The molecule has 0 saturated heterocycles. The molecule has 0 aliphatic carbocycles. The summed E-state index contributed by atoms with van der Waals surface area (Å²) in [6.45, 7) is 1.61. The van der Waals surface area contributed by atoms with Gasteiger partial charge < -0.3 is 19.9 Å². The van der Waals surface area contributed by atoms with Gasteiger partial charge in [0.1, 0.15) is 5.75 Å². The highest BCUT2D eigenvalue weighted by atomic mass is 16.6. The summed E-state index contributed by atoms with van der Waals surface area (Å²) >= 11 is 0. The summed E-state index contributed by atoms with van der Waals surface area (Å²) in [4.78, 5) is 12.0. The fourth-order valence-corrected chi connectivity index (χ4v) is 1.73. The summed E-state index contributed by atoms with van der Waals surface area (Å²) in [6, 6.07) is 13.8. The van der Waals surface area contributed by atoms with Crippen molar-refractivity contribution >= 4 is 11.7 Å². The molecule has 0 amide bonds. The van der Waals surface area contributed by atoms with Crippen molar-refractivity contribution in [1.29, 1.82) is 0 Å². The number of nitrogen functional groups attached to an aromatic ring is 1. The number of ether oxygens (including phenoxy) is 3. The van der Waals surface area contributed by atoms with Crippen LogP contribution in [0.3, 0.4) is 0 Å². The molecule has 110 valence electrons. The van der Waals surface area contributed by atoms with E-state index in [4.69, 9.17) is 19.9 Å². The van der Waals surface area contributed by atoms with Gasteiger partial charge in [-0.05, 0) is 31.2 Å². The summed E-state index contributed by atoms with van der Waals surface area (Å²) < 4.78 is 15.9. The van der Waals surface area contributed by atoms with E-state index in [1.165, 1.54) is 7.11 Å². The molecule has 2 N–H and O–H groups in total. The molecular formula is C16H17NO4. The Balaban J connectivity index is 2.02. The van der Waals surface area contributed by atoms with Crippen molar-refractivity contribution < 1.29 is 19.0 Å². The topological polar surface area (TPSA) is 70.8 Å². The molecular weight excluding hydrogens is 270 g/mol. The fraction of sp³-hybridized carbons (Fsp3) is 0.188. The molecule has 0 heterocycles. The second kappa shape index (κ2) is 6.65. The van der Waals surface area contributed by atoms with E-state index in [1.807, 2.05) is 0 Å². The first kappa shape index (κ1) is 14.7. The van der Waals surface area contributed by atoms with Gasteiger partial charge in [-0.25, -0.2) is 4.79 Å². The number of methoxy groups -OCH3 is 1. The lowest BCUT2D eigenvalue weighted by atomic mass is 10.3. The van der Waals surface area contributed by atoms with Crippen molar-refractivity contribution in [2.45, 2.75) is 13.0 Å². The zero-order valence-electron chi connectivity index (χ0n) is 11.9. The molecule has 2 aromatic rings. The molecule has 0 saturated carbocycles. The van der Waals surface area contributed by atoms with Crippen molar-refractivity contribution in [1.82, 2.24) is 0 Å². The fourth-order valence-electron chi connectivity index (χ4n) is 1.73. The molecule has 1 atom stereocenters. The summed E-state index contributed by atoms with van der Waals surface area (Å²) in [5.74, 6) is 0.844. The van der Waals surface area contributed by atoms with E-state index in [2.05, 4.69) is 0 Å². The van der Waals surface area contributed by atoms with E-state index in [0.717, 1.165) is 0 Å². The highest BCUT2D eigenvalue weighted by molar-refractivity contribution is 5.77. The third-order valence-corrected chi connectivity index (χ3v) is 2.78. The van der Waals surface area contributed by atoms with Crippen LogP contribution in [0.5, 0.6) is 17.2 Å². The van der Waals surface area contributed by atoms with E-state index in [-0.39, 0.29) is 0 Å². The first-order valence-corrected chi connectivity index (χ1v) is 6.47. The van der Waals surface area contributed by atoms with Crippen LogP contribution in [0, 0.1) is 0 Å². The SMILES string of the molecule is COc1ccccc1OC(=O)[C@@H](C)Oc1cccc(N)c1. The van der Waals surface area contributed by atoms with Crippen LogP contribution in [0.1, 0.15) is 6.92 Å². The smallest absolute Gasteiger partial charge is 0.352 e. The lowest BCUT2D eigenvalue weighted by molar-refractivity contribution is -0.141. The van der Waals surface area contributed by atoms with Gasteiger partial charge in [-0.1, -0.05) is 18.2 Å². The van der Waals surface area contributed by atoms with Crippen molar-refractivity contribution in [2.75, 3.05) is 12.8 Å². The minimum absolute atomic E-state index is 0.355. The number of hydrogen-bond acceptors (Lipinski definition) is 5. The van der Waals surface area contributed by atoms with Gasteiger partial charge in [0.15, 0.2) is 17.6 Å². The van der Waals surface area contributed by atoms with E-state index < -0.39 is 12.1 Å². The normalized spacial score (nSPS) is 11.5. The largest absolute Gasteiger partial charge is 0.493 e. The van der Waals surface area contributed by atoms with Crippen LogP contribution in [0.15, 0.2) is 48.5 Å². The second-order valence-corrected chi connectivity index (χ2v) is 4.40. The molecule has 0 aliphatic heterocycles. The van der Waals surface area contributed by atoms with Gasteiger partial charge in [0.25, 0.3) is 0 Å². The van der Waals surface area contributed by atoms with Gasteiger partial charge in [-0.2, -0.15) is 0 Å². The average Bonchev–Trinajstić information content (AvgIpc) is 2.47. The average molecular weight is 287 g/mol. The third-order valence-electron chi connectivity index (χ3n) is 2.78. The predicted molar refractivity (Wildman–Crippen MR) is 79.6 cm³/mol. The monoisotopic (exact) mass is 287 g/mol. The minimum atomic E-state index is -0.767. The number of carbonyl (C=O) groups excluding carboxylic acids is 1.